The first-order chi connectivity index (χ1) is 6.11. The Balaban J connectivity index is 1.96. The van der Waals surface area contributed by atoms with Gasteiger partial charge in [-0.25, -0.2) is 8.42 Å². The third-order valence-corrected chi connectivity index (χ3v) is 5.62. The van der Waals surface area contributed by atoms with Gasteiger partial charge in [-0.15, -0.1) is 0 Å². The summed E-state index contributed by atoms with van der Waals surface area (Å²) in [5, 5.41) is -0.120. The summed E-state index contributed by atoms with van der Waals surface area (Å²) < 4.78 is 22.5. The van der Waals surface area contributed by atoms with Crippen molar-refractivity contribution in [3.63, 3.8) is 0 Å². The van der Waals surface area contributed by atoms with Crippen LogP contribution in [0.4, 0.5) is 0 Å². The predicted molar refractivity (Wildman–Crippen MR) is 52.5 cm³/mol. The third kappa shape index (κ3) is 1.62. The van der Waals surface area contributed by atoms with Gasteiger partial charge in [0.05, 0.1) is 11.0 Å². The Morgan fingerprint density at radius 2 is 1.77 bits per heavy atom. The van der Waals surface area contributed by atoms with E-state index in [0.717, 1.165) is 13.1 Å². The fourth-order valence-electron chi connectivity index (χ4n) is 2.29. The number of sulfone groups is 1. The quantitative estimate of drug-likeness (QED) is 0.628. The number of nitrogens with zero attached hydrogens (tertiary/aromatic N) is 1. The molecule has 2 aliphatic heterocycles. The largest absolute Gasteiger partial charge is 0.298 e. The Kier molecular flexibility index (Phi) is 2.36. The fourth-order valence-corrected chi connectivity index (χ4v) is 3.96. The highest BCUT2D eigenvalue weighted by Crippen LogP contribution is 2.28. The Morgan fingerprint density at radius 3 is 2.23 bits per heavy atom. The van der Waals surface area contributed by atoms with E-state index in [2.05, 4.69) is 4.90 Å². The van der Waals surface area contributed by atoms with Crippen LogP contribution in [-0.4, -0.2) is 43.5 Å². The van der Waals surface area contributed by atoms with Crippen molar-refractivity contribution in [2.24, 2.45) is 0 Å². The van der Waals surface area contributed by atoms with Crippen LogP contribution in [0.2, 0.25) is 0 Å². The molecule has 2 heterocycles. The second kappa shape index (κ2) is 3.24. The van der Waals surface area contributed by atoms with Gasteiger partial charge in [-0.3, -0.25) is 4.90 Å². The summed E-state index contributed by atoms with van der Waals surface area (Å²) in [6, 6.07) is 0.324. The summed E-state index contributed by atoms with van der Waals surface area (Å²) in [5.41, 5.74) is 0. The zero-order chi connectivity index (χ0) is 9.47. The Bertz CT molecular complexity index is 280. The molecule has 2 atom stereocenters. The molecule has 4 heteroatoms. The number of rotatable bonds is 1. The van der Waals surface area contributed by atoms with Crippen molar-refractivity contribution in [2.45, 2.75) is 37.5 Å². The maximum Gasteiger partial charge on any atom is 0.156 e. The van der Waals surface area contributed by atoms with Crippen LogP contribution in [0.15, 0.2) is 0 Å². The smallest absolute Gasteiger partial charge is 0.156 e. The summed E-state index contributed by atoms with van der Waals surface area (Å²) in [7, 11) is -2.70. The molecule has 3 nitrogen and oxygen atoms in total. The second-order valence-corrected chi connectivity index (χ2v) is 6.60. The molecule has 0 saturated carbocycles. The van der Waals surface area contributed by atoms with Gasteiger partial charge in [0.1, 0.15) is 0 Å². The van der Waals surface area contributed by atoms with Gasteiger partial charge in [-0.1, -0.05) is 6.42 Å². The summed E-state index contributed by atoms with van der Waals surface area (Å²) in [5.74, 6) is 0.397. The van der Waals surface area contributed by atoms with Crippen molar-refractivity contribution in [1.29, 1.82) is 0 Å². The standard InChI is InChI=1S/C9H17NO2S/c1-8-9(7-13(8,11)12)10-5-3-2-4-6-10/h8-9H,2-7H2,1H3. The normalized spacial score (nSPS) is 39.8. The van der Waals surface area contributed by atoms with E-state index in [1.54, 1.807) is 0 Å². The molecule has 0 spiro atoms. The SMILES string of the molecule is CC1C(N2CCCCC2)CS1(=O)=O. The van der Waals surface area contributed by atoms with Crippen LogP contribution < -0.4 is 0 Å². The van der Waals surface area contributed by atoms with Gasteiger partial charge >= 0.3 is 0 Å². The lowest BCUT2D eigenvalue weighted by Crippen LogP contribution is -2.60. The van der Waals surface area contributed by atoms with Crippen molar-refractivity contribution >= 4 is 9.84 Å². The first kappa shape index (κ1) is 9.46. The summed E-state index contributed by atoms with van der Waals surface area (Å²) in [6.07, 6.45) is 3.79. The minimum absolute atomic E-state index is 0.120. The molecule has 0 bridgehead atoms. The molecule has 76 valence electrons. The number of hydrogen-bond acceptors (Lipinski definition) is 3. The molecular weight excluding hydrogens is 186 g/mol. The minimum Gasteiger partial charge on any atom is -0.298 e. The molecule has 2 saturated heterocycles. The van der Waals surface area contributed by atoms with Crippen LogP contribution in [0.1, 0.15) is 26.2 Å². The minimum atomic E-state index is -2.70. The molecule has 0 radical (unpaired) electrons. The topological polar surface area (TPSA) is 37.4 Å². The van der Waals surface area contributed by atoms with E-state index in [-0.39, 0.29) is 5.25 Å². The second-order valence-electron chi connectivity index (χ2n) is 4.20. The average Bonchev–Trinajstić information content (AvgIpc) is 2.15. The average molecular weight is 203 g/mol. The van der Waals surface area contributed by atoms with E-state index in [1.165, 1.54) is 19.3 Å². The van der Waals surface area contributed by atoms with Crippen molar-refractivity contribution in [3.8, 4) is 0 Å². The summed E-state index contributed by atoms with van der Waals surface area (Å²) in [6.45, 7) is 4.05. The maximum absolute atomic E-state index is 11.2. The van der Waals surface area contributed by atoms with Gasteiger partial charge in [0, 0.05) is 6.04 Å². The molecular formula is C9H17NO2S. The molecule has 0 aromatic carbocycles. The number of likely N-dealkylation sites (tertiary alicyclic amines) is 1. The van der Waals surface area contributed by atoms with E-state index in [9.17, 15) is 8.42 Å². The van der Waals surface area contributed by atoms with Crippen LogP contribution in [0.5, 0.6) is 0 Å². The highest BCUT2D eigenvalue weighted by Gasteiger charge is 2.45. The van der Waals surface area contributed by atoms with E-state index in [0.29, 0.717) is 11.8 Å². The molecule has 2 aliphatic rings. The van der Waals surface area contributed by atoms with Crippen LogP contribution in [0.3, 0.4) is 0 Å². The molecule has 13 heavy (non-hydrogen) atoms. The molecule has 0 aliphatic carbocycles. The van der Waals surface area contributed by atoms with Gasteiger partial charge in [-0.2, -0.15) is 0 Å². The first-order valence-electron chi connectivity index (χ1n) is 5.07. The molecule has 2 unspecified atom stereocenters. The van der Waals surface area contributed by atoms with Crippen LogP contribution in [0.25, 0.3) is 0 Å². The van der Waals surface area contributed by atoms with Gasteiger partial charge < -0.3 is 0 Å². The van der Waals surface area contributed by atoms with Crippen LogP contribution in [0, 0.1) is 0 Å². The Hall–Kier alpha value is -0.0900. The molecule has 0 aromatic heterocycles. The highest BCUT2D eigenvalue weighted by atomic mass is 32.2. The highest BCUT2D eigenvalue weighted by molar-refractivity contribution is 7.93. The van der Waals surface area contributed by atoms with Crippen molar-refractivity contribution in [2.75, 3.05) is 18.8 Å². The van der Waals surface area contributed by atoms with Gasteiger partial charge in [0.2, 0.25) is 0 Å². The lowest BCUT2D eigenvalue weighted by Gasteiger charge is -2.43. The Labute approximate surface area is 80.0 Å². The van der Waals surface area contributed by atoms with Crippen LogP contribution in [-0.2, 0) is 9.84 Å². The molecule has 0 amide bonds. The van der Waals surface area contributed by atoms with Gasteiger partial charge in [0.25, 0.3) is 0 Å². The zero-order valence-electron chi connectivity index (χ0n) is 8.07. The molecule has 0 N–H and O–H groups in total. The van der Waals surface area contributed by atoms with E-state index >= 15 is 0 Å². The Morgan fingerprint density at radius 1 is 1.15 bits per heavy atom. The van der Waals surface area contributed by atoms with E-state index in [1.807, 2.05) is 6.92 Å². The van der Waals surface area contributed by atoms with Gasteiger partial charge in [-0.05, 0) is 32.9 Å². The van der Waals surface area contributed by atoms with Crippen molar-refractivity contribution in [1.82, 2.24) is 4.90 Å². The van der Waals surface area contributed by atoms with Crippen molar-refractivity contribution in [3.05, 3.63) is 0 Å². The number of hydrogen-bond donors (Lipinski definition) is 0. The fraction of sp³-hybridized carbons (Fsp3) is 1.00. The lowest BCUT2D eigenvalue weighted by atomic mass is 10.1. The monoisotopic (exact) mass is 203 g/mol. The number of piperidine rings is 1. The van der Waals surface area contributed by atoms with E-state index < -0.39 is 9.84 Å². The van der Waals surface area contributed by atoms with Gasteiger partial charge in [0.15, 0.2) is 9.84 Å². The first-order valence-corrected chi connectivity index (χ1v) is 6.78. The molecule has 2 fully saturated rings. The summed E-state index contributed by atoms with van der Waals surface area (Å²) >= 11 is 0. The summed E-state index contributed by atoms with van der Waals surface area (Å²) in [4.78, 5) is 2.36. The lowest BCUT2D eigenvalue weighted by molar-refractivity contribution is 0.161. The van der Waals surface area contributed by atoms with E-state index in [4.69, 9.17) is 0 Å². The maximum atomic E-state index is 11.2. The molecule has 0 aromatic rings. The van der Waals surface area contributed by atoms with Crippen molar-refractivity contribution < 1.29 is 8.42 Å². The van der Waals surface area contributed by atoms with Crippen LogP contribution >= 0.6 is 0 Å². The third-order valence-electron chi connectivity index (χ3n) is 3.37. The predicted octanol–water partition coefficient (Wildman–Crippen LogP) is 0.658. The zero-order valence-corrected chi connectivity index (χ0v) is 8.89. The molecule has 2 rings (SSSR count).